The number of nitrogens with zero attached hydrogens (tertiary/aromatic N) is 3. The molecule has 0 bridgehead atoms. The number of carbonyl (C=O) groups is 1. The van der Waals surface area contributed by atoms with Crippen molar-refractivity contribution in [3.8, 4) is 0 Å². The molecule has 2 heterocycles. The van der Waals surface area contributed by atoms with Crippen LogP contribution < -0.4 is 10.6 Å². The molecule has 7 heteroatoms. The summed E-state index contributed by atoms with van der Waals surface area (Å²) in [4.78, 5) is 22.7. The second kappa shape index (κ2) is 8.43. The van der Waals surface area contributed by atoms with Gasteiger partial charge in [0.25, 0.3) is 0 Å². The first-order valence-electron chi connectivity index (χ1n) is 7.75. The van der Waals surface area contributed by atoms with Crippen molar-refractivity contribution in [1.29, 1.82) is 0 Å². The van der Waals surface area contributed by atoms with Gasteiger partial charge in [0.2, 0.25) is 0 Å². The van der Waals surface area contributed by atoms with Crippen molar-refractivity contribution in [1.82, 2.24) is 25.5 Å². The maximum Gasteiger partial charge on any atom is 0.315 e. The molecule has 6 nitrogen and oxygen atoms in total. The molecule has 0 spiro atoms. The maximum atomic E-state index is 12.0. The average Bonchev–Trinajstić information content (AvgIpc) is 2.70. The van der Waals surface area contributed by atoms with E-state index in [1.54, 1.807) is 12.4 Å². The van der Waals surface area contributed by atoms with Gasteiger partial charge in [-0.2, -0.15) is 0 Å². The van der Waals surface area contributed by atoms with Crippen LogP contribution in [-0.4, -0.2) is 47.6 Å². The molecule has 1 saturated heterocycles. The Balaban J connectivity index is 1.76. The maximum absolute atomic E-state index is 12.0. The molecule has 2 N–H and O–H groups in total. The van der Waals surface area contributed by atoms with Gasteiger partial charge < -0.3 is 15.5 Å². The molecule has 0 saturated carbocycles. The average molecular weight is 370 g/mol. The van der Waals surface area contributed by atoms with Gasteiger partial charge in [-0.25, -0.2) is 14.8 Å². The predicted molar refractivity (Wildman–Crippen MR) is 89.5 cm³/mol. The molecule has 122 valence electrons. The number of aromatic nitrogens is 2. The van der Waals surface area contributed by atoms with E-state index in [0.717, 1.165) is 17.6 Å². The van der Waals surface area contributed by atoms with Gasteiger partial charge in [0.05, 0.1) is 10.5 Å². The normalized spacial score (nSPS) is 21.0. The van der Waals surface area contributed by atoms with Crippen LogP contribution in [-0.2, 0) is 0 Å². The molecule has 2 amide bonds. The van der Waals surface area contributed by atoms with Crippen LogP contribution >= 0.6 is 15.9 Å². The zero-order chi connectivity index (χ0) is 15.9. The van der Waals surface area contributed by atoms with E-state index in [1.807, 2.05) is 6.92 Å². The third-order valence-corrected chi connectivity index (χ3v) is 4.31. The van der Waals surface area contributed by atoms with Crippen LogP contribution in [0.5, 0.6) is 0 Å². The van der Waals surface area contributed by atoms with Crippen molar-refractivity contribution in [3.05, 3.63) is 22.7 Å². The summed E-state index contributed by atoms with van der Waals surface area (Å²) in [6.45, 7) is 4.79. The van der Waals surface area contributed by atoms with Gasteiger partial charge in [0.15, 0.2) is 0 Å². The van der Waals surface area contributed by atoms with Crippen molar-refractivity contribution in [2.45, 2.75) is 32.2 Å². The fourth-order valence-corrected chi connectivity index (χ4v) is 2.90. The highest BCUT2D eigenvalue weighted by Gasteiger charge is 2.17. The number of likely N-dealkylation sites (tertiary alicyclic amines) is 1. The molecule has 22 heavy (non-hydrogen) atoms. The molecular weight excluding hydrogens is 346 g/mol. The topological polar surface area (TPSA) is 70.2 Å². The smallest absolute Gasteiger partial charge is 0.315 e. The molecule has 2 unspecified atom stereocenters. The fraction of sp³-hybridized carbons (Fsp3) is 0.667. The van der Waals surface area contributed by atoms with Crippen molar-refractivity contribution < 1.29 is 4.79 Å². The molecule has 2 atom stereocenters. The molecule has 2 rings (SSSR count). The van der Waals surface area contributed by atoms with Gasteiger partial charge in [0, 0.05) is 25.5 Å². The van der Waals surface area contributed by atoms with Crippen molar-refractivity contribution >= 4 is 22.0 Å². The summed E-state index contributed by atoms with van der Waals surface area (Å²) >= 11 is 3.30. The van der Waals surface area contributed by atoms with E-state index in [1.165, 1.54) is 19.3 Å². The number of urea groups is 1. The van der Waals surface area contributed by atoms with E-state index >= 15 is 0 Å². The Morgan fingerprint density at radius 1 is 1.45 bits per heavy atom. The highest BCUT2D eigenvalue weighted by atomic mass is 79.9. The van der Waals surface area contributed by atoms with E-state index in [0.29, 0.717) is 18.3 Å². The zero-order valence-corrected chi connectivity index (χ0v) is 14.8. The monoisotopic (exact) mass is 369 g/mol. The Bertz CT molecular complexity index is 481. The second-order valence-corrected chi connectivity index (χ2v) is 6.88. The van der Waals surface area contributed by atoms with Gasteiger partial charge in [-0.05, 0) is 55.2 Å². The first-order chi connectivity index (χ1) is 10.5. The van der Waals surface area contributed by atoms with E-state index in [2.05, 4.69) is 48.5 Å². The first kappa shape index (κ1) is 17.1. The van der Waals surface area contributed by atoms with Gasteiger partial charge in [-0.15, -0.1) is 0 Å². The summed E-state index contributed by atoms with van der Waals surface area (Å²) in [5.74, 6) is 1.13. The third-order valence-electron chi connectivity index (χ3n) is 3.90. The van der Waals surface area contributed by atoms with Crippen molar-refractivity contribution in [3.63, 3.8) is 0 Å². The Morgan fingerprint density at radius 3 is 2.91 bits per heavy atom. The largest absolute Gasteiger partial charge is 0.338 e. The lowest BCUT2D eigenvalue weighted by atomic mass is 10.0. The van der Waals surface area contributed by atoms with Crippen molar-refractivity contribution in [2.24, 2.45) is 5.92 Å². The van der Waals surface area contributed by atoms with Gasteiger partial charge in [-0.1, -0.05) is 6.42 Å². The van der Waals surface area contributed by atoms with Gasteiger partial charge >= 0.3 is 6.03 Å². The van der Waals surface area contributed by atoms with Crippen LogP contribution in [0.2, 0.25) is 0 Å². The van der Waals surface area contributed by atoms with Crippen LogP contribution in [0, 0.1) is 5.92 Å². The molecule has 0 aromatic carbocycles. The lowest BCUT2D eigenvalue weighted by Crippen LogP contribution is -2.41. The highest BCUT2D eigenvalue weighted by molar-refractivity contribution is 9.10. The summed E-state index contributed by atoms with van der Waals surface area (Å²) < 4.78 is 0.824. The Morgan fingerprint density at radius 2 is 2.18 bits per heavy atom. The van der Waals surface area contributed by atoms with Crippen LogP contribution in [0.4, 0.5) is 4.79 Å². The molecule has 1 fully saturated rings. The van der Waals surface area contributed by atoms with E-state index < -0.39 is 0 Å². The number of halogens is 1. The Labute approximate surface area is 140 Å². The number of hydrogen-bond donors (Lipinski definition) is 2. The van der Waals surface area contributed by atoms with Crippen LogP contribution in [0.15, 0.2) is 16.9 Å². The van der Waals surface area contributed by atoms with Crippen LogP contribution in [0.25, 0.3) is 0 Å². The molecule has 0 radical (unpaired) electrons. The minimum atomic E-state index is -0.218. The molecule has 1 aliphatic rings. The van der Waals surface area contributed by atoms with Gasteiger partial charge in [0.1, 0.15) is 5.82 Å². The summed E-state index contributed by atoms with van der Waals surface area (Å²) in [6, 6.07) is -0.379. The lowest BCUT2D eigenvalue weighted by molar-refractivity contribution is 0.232. The Kier molecular flexibility index (Phi) is 6.57. The second-order valence-electron chi connectivity index (χ2n) is 5.96. The molecule has 0 aliphatic carbocycles. The SMILES string of the molecule is CC(NC(=O)NCC1CCCCN(C)C1)c1ncc(Br)cn1. The third kappa shape index (κ3) is 5.53. The first-order valence-corrected chi connectivity index (χ1v) is 8.54. The van der Waals surface area contributed by atoms with Crippen LogP contribution in [0.3, 0.4) is 0 Å². The standard InChI is InChI=1S/C15H24BrN5O/c1-11(14-17-8-13(16)9-18-14)20-15(22)19-7-12-5-3-4-6-21(2)10-12/h8-9,11-12H,3-7,10H2,1-2H3,(H2,19,20,22). The minimum Gasteiger partial charge on any atom is -0.338 e. The summed E-state index contributed by atoms with van der Waals surface area (Å²) in [5.41, 5.74) is 0. The number of hydrogen-bond acceptors (Lipinski definition) is 4. The lowest BCUT2D eigenvalue weighted by Gasteiger charge is -2.21. The number of rotatable bonds is 4. The Hall–Kier alpha value is -1.21. The zero-order valence-electron chi connectivity index (χ0n) is 13.2. The summed E-state index contributed by atoms with van der Waals surface area (Å²) in [7, 11) is 2.14. The summed E-state index contributed by atoms with van der Waals surface area (Å²) in [5, 5.41) is 5.85. The van der Waals surface area contributed by atoms with Gasteiger partial charge in [-0.3, -0.25) is 0 Å². The van der Waals surface area contributed by atoms with Crippen molar-refractivity contribution in [2.75, 3.05) is 26.7 Å². The molecule has 1 aromatic heterocycles. The van der Waals surface area contributed by atoms with E-state index in [9.17, 15) is 4.79 Å². The minimum absolute atomic E-state index is 0.161. The fourth-order valence-electron chi connectivity index (χ4n) is 2.70. The summed E-state index contributed by atoms with van der Waals surface area (Å²) in [6.07, 6.45) is 7.02. The molecular formula is C15H24BrN5O. The number of nitrogens with one attached hydrogen (secondary N) is 2. The van der Waals surface area contributed by atoms with E-state index in [-0.39, 0.29) is 12.1 Å². The quantitative estimate of drug-likeness (QED) is 0.854. The van der Waals surface area contributed by atoms with Crippen LogP contribution in [0.1, 0.15) is 38.1 Å². The van der Waals surface area contributed by atoms with E-state index in [4.69, 9.17) is 0 Å². The number of carbonyl (C=O) groups excluding carboxylic acids is 1. The predicted octanol–water partition coefficient (Wildman–Crippen LogP) is 2.33. The molecule has 1 aliphatic heterocycles. The highest BCUT2D eigenvalue weighted by Crippen LogP contribution is 2.14. The number of amides is 2. The molecule has 1 aromatic rings.